The van der Waals surface area contributed by atoms with Crippen molar-refractivity contribution >= 4 is 5.82 Å². The molecule has 1 aromatic carbocycles. The van der Waals surface area contributed by atoms with Crippen LogP contribution in [-0.4, -0.2) is 17.0 Å². The van der Waals surface area contributed by atoms with Crippen molar-refractivity contribution in [1.29, 1.82) is 0 Å². The molecular weight excluding hydrogens is 250 g/mol. The number of aryl methyl sites for hydroxylation is 3. The molecule has 4 heteroatoms. The molecule has 106 valence electrons. The molecule has 0 spiro atoms. The van der Waals surface area contributed by atoms with Crippen molar-refractivity contribution in [1.82, 2.24) is 9.97 Å². The van der Waals surface area contributed by atoms with Gasteiger partial charge in [-0.2, -0.15) is 0 Å². The lowest BCUT2D eigenvalue weighted by molar-refractivity contribution is 0.291. The van der Waals surface area contributed by atoms with Crippen LogP contribution in [0.1, 0.15) is 28.2 Å². The predicted octanol–water partition coefficient (Wildman–Crippen LogP) is 3.33. The second-order valence-corrected chi connectivity index (χ2v) is 5.00. The highest BCUT2D eigenvalue weighted by Gasteiger charge is 2.08. The first-order chi connectivity index (χ1) is 9.51. The Morgan fingerprint density at radius 2 is 1.75 bits per heavy atom. The summed E-state index contributed by atoms with van der Waals surface area (Å²) in [6, 6.07) is 6.10. The van der Waals surface area contributed by atoms with E-state index >= 15 is 0 Å². The summed E-state index contributed by atoms with van der Waals surface area (Å²) >= 11 is 0. The maximum Gasteiger partial charge on any atom is 0.168 e. The van der Waals surface area contributed by atoms with Crippen LogP contribution < -0.4 is 10.1 Å². The van der Waals surface area contributed by atoms with Gasteiger partial charge in [0.05, 0.1) is 0 Å². The summed E-state index contributed by atoms with van der Waals surface area (Å²) in [5.41, 5.74) is 4.47. The largest absolute Gasteiger partial charge is 0.485 e. The third-order valence-electron chi connectivity index (χ3n) is 3.38. The van der Waals surface area contributed by atoms with Crippen molar-refractivity contribution < 1.29 is 4.74 Å². The molecule has 1 aromatic heterocycles. The topological polar surface area (TPSA) is 47.0 Å². The van der Waals surface area contributed by atoms with Gasteiger partial charge in [0, 0.05) is 18.8 Å². The molecule has 0 atom stereocenters. The van der Waals surface area contributed by atoms with Crippen molar-refractivity contribution in [3.63, 3.8) is 0 Å². The maximum atomic E-state index is 5.94. The molecule has 2 aromatic rings. The Labute approximate surface area is 120 Å². The van der Waals surface area contributed by atoms with Crippen LogP contribution in [0.25, 0.3) is 0 Å². The molecule has 0 aliphatic heterocycles. The van der Waals surface area contributed by atoms with Gasteiger partial charge in [0.15, 0.2) is 5.82 Å². The summed E-state index contributed by atoms with van der Waals surface area (Å²) in [5, 5.41) is 3.03. The molecule has 0 unspecified atom stereocenters. The second kappa shape index (κ2) is 5.90. The van der Waals surface area contributed by atoms with Gasteiger partial charge >= 0.3 is 0 Å². The average molecular weight is 271 g/mol. The summed E-state index contributed by atoms with van der Waals surface area (Å²) in [5.74, 6) is 2.43. The predicted molar refractivity (Wildman–Crippen MR) is 81.3 cm³/mol. The van der Waals surface area contributed by atoms with Gasteiger partial charge in [0.2, 0.25) is 0 Å². The first-order valence-corrected chi connectivity index (χ1v) is 6.73. The second-order valence-electron chi connectivity index (χ2n) is 5.00. The first kappa shape index (κ1) is 14.3. The summed E-state index contributed by atoms with van der Waals surface area (Å²) in [6.07, 6.45) is 0. The lowest BCUT2D eigenvalue weighted by Gasteiger charge is -2.14. The van der Waals surface area contributed by atoms with E-state index in [0.717, 1.165) is 22.8 Å². The van der Waals surface area contributed by atoms with Gasteiger partial charge in [-0.05, 0) is 44.4 Å². The molecule has 20 heavy (non-hydrogen) atoms. The van der Waals surface area contributed by atoms with Gasteiger partial charge in [-0.1, -0.05) is 12.1 Å². The van der Waals surface area contributed by atoms with Crippen molar-refractivity contribution in [2.45, 2.75) is 34.3 Å². The Morgan fingerprint density at radius 1 is 1.05 bits per heavy atom. The standard InChI is InChI=1S/C16H21N3O/c1-10-6-7-11(2)16(13(10)4)20-9-15-18-12(3)8-14(17-5)19-15/h6-8H,9H2,1-5H3,(H,17,18,19). The van der Waals surface area contributed by atoms with Crippen LogP contribution in [0.4, 0.5) is 5.82 Å². The smallest absolute Gasteiger partial charge is 0.168 e. The number of benzene rings is 1. The summed E-state index contributed by atoms with van der Waals surface area (Å²) in [6.45, 7) is 8.55. The SMILES string of the molecule is CNc1cc(C)nc(COc2c(C)ccc(C)c2C)n1. The number of nitrogens with zero attached hydrogens (tertiary/aromatic N) is 2. The highest BCUT2D eigenvalue weighted by molar-refractivity contribution is 5.44. The number of ether oxygens (including phenoxy) is 1. The molecule has 1 heterocycles. The fourth-order valence-electron chi connectivity index (χ4n) is 2.11. The lowest BCUT2D eigenvalue weighted by atomic mass is 10.1. The highest BCUT2D eigenvalue weighted by Crippen LogP contribution is 2.26. The lowest BCUT2D eigenvalue weighted by Crippen LogP contribution is -2.07. The Bertz CT molecular complexity index is 623. The van der Waals surface area contributed by atoms with Gasteiger partial charge in [-0.3, -0.25) is 0 Å². The zero-order chi connectivity index (χ0) is 14.7. The average Bonchev–Trinajstić information content (AvgIpc) is 2.42. The van der Waals surface area contributed by atoms with E-state index in [2.05, 4.69) is 48.2 Å². The van der Waals surface area contributed by atoms with Gasteiger partial charge in [-0.15, -0.1) is 0 Å². The molecule has 0 fully saturated rings. The molecule has 0 aliphatic rings. The highest BCUT2D eigenvalue weighted by atomic mass is 16.5. The van der Waals surface area contributed by atoms with Crippen LogP contribution in [-0.2, 0) is 6.61 Å². The number of hydrogen-bond donors (Lipinski definition) is 1. The van der Waals surface area contributed by atoms with Gasteiger partial charge in [0.1, 0.15) is 18.2 Å². The van der Waals surface area contributed by atoms with E-state index in [1.807, 2.05) is 20.0 Å². The monoisotopic (exact) mass is 271 g/mol. The quantitative estimate of drug-likeness (QED) is 0.926. The number of anilines is 1. The minimum absolute atomic E-state index is 0.376. The molecule has 4 nitrogen and oxygen atoms in total. The fourth-order valence-corrected chi connectivity index (χ4v) is 2.11. The van der Waals surface area contributed by atoms with E-state index in [1.165, 1.54) is 11.1 Å². The molecule has 0 bridgehead atoms. The zero-order valence-electron chi connectivity index (χ0n) is 12.7. The van der Waals surface area contributed by atoms with Crippen LogP contribution in [0.3, 0.4) is 0 Å². The molecule has 0 amide bonds. The summed E-state index contributed by atoms with van der Waals surface area (Å²) < 4.78 is 5.94. The van der Waals surface area contributed by atoms with E-state index < -0.39 is 0 Å². The minimum Gasteiger partial charge on any atom is -0.485 e. The number of rotatable bonds is 4. The van der Waals surface area contributed by atoms with E-state index in [4.69, 9.17) is 4.74 Å². The molecule has 0 aliphatic carbocycles. The van der Waals surface area contributed by atoms with Crippen LogP contribution >= 0.6 is 0 Å². The van der Waals surface area contributed by atoms with E-state index in [-0.39, 0.29) is 0 Å². The normalized spacial score (nSPS) is 10.4. The number of aromatic nitrogens is 2. The van der Waals surface area contributed by atoms with Crippen LogP contribution in [0.5, 0.6) is 5.75 Å². The van der Waals surface area contributed by atoms with Crippen LogP contribution in [0.15, 0.2) is 18.2 Å². The molecule has 1 N–H and O–H groups in total. The van der Waals surface area contributed by atoms with Gasteiger partial charge < -0.3 is 10.1 Å². The van der Waals surface area contributed by atoms with Crippen LogP contribution in [0, 0.1) is 27.7 Å². The molecule has 0 saturated heterocycles. The number of nitrogens with one attached hydrogen (secondary N) is 1. The Hall–Kier alpha value is -2.10. The van der Waals surface area contributed by atoms with Crippen molar-refractivity contribution in [2.75, 3.05) is 12.4 Å². The van der Waals surface area contributed by atoms with E-state index in [1.54, 1.807) is 0 Å². The van der Waals surface area contributed by atoms with Crippen molar-refractivity contribution in [3.05, 3.63) is 46.4 Å². The number of hydrogen-bond acceptors (Lipinski definition) is 4. The first-order valence-electron chi connectivity index (χ1n) is 6.73. The Balaban J connectivity index is 2.21. The summed E-state index contributed by atoms with van der Waals surface area (Å²) in [7, 11) is 1.85. The van der Waals surface area contributed by atoms with E-state index in [0.29, 0.717) is 12.4 Å². The zero-order valence-corrected chi connectivity index (χ0v) is 12.7. The Kier molecular flexibility index (Phi) is 4.23. The molecule has 0 radical (unpaired) electrons. The van der Waals surface area contributed by atoms with Gasteiger partial charge in [0.25, 0.3) is 0 Å². The van der Waals surface area contributed by atoms with E-state index in [9.17, 15) is 0 Å². The van der Waals surface area contributed by atoms with Crippen LogP contribution in [0.2, 0.25) is 0 Å². The minimum atomic E-state index is 0.376. The third-order valence-corrected chi connectivity index (χ3v) is 3.38. The summed E-state index contributed by atoms with van der Waals surface area (Å²) in [4.78, 5) is 8.80. The molecular formula is C16H21N3O. The third kappa shape index (κ3) is 3.07. The maximum absolute atomic E-state index is 5.94. The fraction of sp³-hybridized carbons (Fsp3) is 0.375. The molecule has 2 rings (SSSR count). The van der Waals surface area contributed by atoms with Crippen molar-refractivity contribution in [2.24, 2.45) is 0 Å². The molecule has 0 saturated carbocycles. The van der Waals surface area contributed by atoms with Crippen molar-refractivity contribution in [3.8, 4) is 5.75 Å². The Morgan fingerprint density at radius 3 is 2.45 bits per heavy atom. The van der Waals surface area contributed by atoms with Gasteiger partial charge in [-0.25, -0.2) is 9.97 Å².